The number of alkyl halides is 1. The molecule has 1 heterocycles. The quantitative estimate of drug-likeness (QED) is 0.728. The van der Waals surface area contributed by atoms with Crippen molar-refractivity contribution in [3.63, 3.8) is 0 Å². The predicted octanol–water partition coefficient (Wildman–Crippen LogP) is 1.92. The van der Waals surface area contributed by atoms with Crippen molar-refractivity contribution in [2.24, 2.45) is 5.92 Å². The average molecular weight is 312 g/mol. The van der Waals surface area contributed by atoms with Gasteiger partial charge in [0.2, 0.25) is 0 Å². The number of hydrogen-bond acceptors (Lipinski definition) is 3. The molecule has 0 bridgehead atoms. The van der Waals surface area contributed by atoms with Crippen LogP contribution in [0.3, 0.4) is 0 Å². The standard InChI is InChI=1S/C11H22BrNO2S/c1-3-4-11(7-12)8-13-5-6-16(14,15)9-10(13)2/h10-11H,3-9H2,1-2H3. The minimum Gasteiger partial charge on any atom is -0.298 e. The first kappa shape index (κ1) is 14.5. The van der Waals surface area contributed by atoms with E-state index >= 15 is 0 Å². The van der Waals surface area contributed by atoms with Crippen LogP contribution in [0, 0.1) is 5.92 Å². The van der Waals surface area contributed by atoms with Crippen LogP contribution < -0.4 is 0 Å². The van der Waals surface area contributed by atoms with E-state index in [1.54, 1.807) is 0 Å². The Morgan fingerprint density at radius 2 is 2.19 bits per heavy atom. The number of halogens is 1. The van der Waals surface area contributed by atoms with E-state index in [-0.39, 0.29) is 6.04 Å². The molecule has 1 rings (SSSR count). The maximum atomic E-state index is 11.5. The number of hydrogen-bond donors (Lipinski definition) is 0. The minimum atomic E-state index is -2.77. The van der Waals surface area contributed by atoms with Gasteiger partial charge in [-0.3, -0.25) is 4.90 Å². The third kappa shape index (κ3) is 4.34. The van der Waals surface area contributed by atoms with Gasteiger partial charge in [0.1, 0.15) is 0 Å². The number of nitrogens with zero attached hydrogens (tertiary/aromatic N) is 1. The first-order chi connectivity index (χ1) is 7.48. The van der Waals surface area contributed by atoms with E-state index < -0.39 is 9.84 Å². The van der Waals surface area contributed by atoms with Crippen molar-refractivity contribution in [1.82, 2.24) is 4.90 Å². The van der Waals surface area contributed by atoms with Gasteiger partial charge in [-0.25, -0.2) is 8.42 Å². The maximum absolute atomic E-state index is 11.5. The Morgan fingerprint density at radius 3 is 2.69 bits per heavy atom. The molecular formula is C11H22BrNO2S. The monoisotopic (exact) mass is 311 g/mol. The van der Waals surface area contributed by atoms with Crippen LogP contribution in [0.4, 0.5) is 0 Å². The molecule has 0 aliphatic carbocycles. The van der Waals surface area contributed by atoms with E-state index in [1.807, 2.05) is 6.92 Å². The van der Waals surface area contributed by atoms with Crippen LogP contribution in [-0.4, -0.2) is 49.3 Å². The highest BCUT2D eigenvalue weighted by Gasteiger charge is 2.28. The summed E-state index contributed by atoms with van der Waals surface area (Å²) in [5, 5.41) is 1.01. The molecule has 0 saturated carbocycles. The summed E-state index contributed by atoms with van der Waals surface area (Å²) in [4.78, 5) is 2.32. The second-order valence-electron chi connectivity index (χ2n) is 4.77. The van der Waals surface area contributed by atoms with E-state index in [0.29, 0.717) is 24.0 Å². The second kappa shape index (κ2) is 6.36. The lowest BCUT2D eigenvalue weighted by Crippen LogP contribution is -2.48. The van der Waals surface area contributed by atoms with Gasteiger partial charge in [-0.2, -0.15) is 0 Å². The predicted molar refractivity (Wildman–Crippen MR) is 71.9 cm³/mol. The summed E-state index contributed by atoms with van der Waals surface area (Å²) in [6, 6.07) is 0.178. The van der Waals surface area contributed by atoms with Crippen LogP contribution in [0.2, 0.25) is 0 Å². The molecule has 16 heavy (non-hydrogen) atoms. The third-order valence-corrected chi connectivity index (χ3v) is 5.93. The molecule has 0 aromatic heterocycles. The van der Waals surface area contributed by atoms with Gasteiger partial charge in [0.15, 0.2) is 9.84 Å². The van der Waals surface area contributed by atoms with Gasteiger partial charge in [0.25, 0.3) is 0 Å². The third-order valence-electron chi connectivity index (χ3n) is 3.22. The van der Waals surface area contributed by atoms with Crippen LogP contribution in [-0.2, 0) is 9.84 Å². The van der Waals surface area contributed by atoms with Crippen LogP contribution in [0.15, 0.2) is 0 Å². The molecule has 96 valence electrons. The summed E-state index contributed by atoms with van der Waals surface area (Å²) in [6.45, 7) is 5.94. The maximum Gasteiger partial charge on any atom is 0.153 e. The van der Waals surface area contributed by atoms with Crippen molar-refractivity contribution in [2.45, 2.75) is 32.7 Å². The SMILES string of the molecule is CCCC(CBr)CN1CCS(=O)(=O)CC1C. The van der Waals surface area contributed by atoms with Crippen molar-refractivity contribution < 1.29 is 8.42 Å². The zero-order valence-corrected chi connectivity index (χ0v) is 12.6. The van der Waals surface area contributed by atoms with Gasteiger partial charge in [-0.1, -0.05) is 29.3 Å². The molecular weight excluding hydrogens is 290 g/mol. The summed E-state index contributed by atoms with van der Waals surface area (Å²) in [5.74, 6) is 1.31. The molecule has 2 atom stereocenters. The molecule has 5 heteroatoms. The lowest BCUT2D eigenvalue weighted by molar-refractivity contribution is 0.194. The van der Waals surface area contributed by atoms with Crippen molar-refractivity contribution >= 4 is 25.8 Å². The molecule has 0 spiro atoms. The lowest BCUT2D eigenvalue weighted by atomic mass is 10.0. The first-order valence-corrected chi connectivity index (χ1v) is 8.93. The van der Waals surface area contributed by atoms with E-state index in [0.717, 1.165) is 11.9 Å². The minimum absolute atomic E-state index is 0.178. The van der Waals surface area contributed by atoms with Gasteiger partial charge in [-0.05, 0) is 19.3 Å². The highest BCUT2D eigenvalue weighted by atomic mass is 79.9. The molecule has 0 amide bonds. The van der Waals surface area contributed by atoms with Crippen LogP contribution in [0.1, 0.15) is 26.7 Å². The molecule has 1 fully saturated rings. The van der Waals surface area contributed by atoms with Crippen molar-refractivity contribution in [3.05, 3.63) is 0 Å². The van der Waals surface area contributed by atoms with Gasteiger partial charge < -0.3 is 0 Å². The molecule has 1 saturated heterocycles. The summed E-state index contributed by atoms with van der Waals surface area (Å²) in [5.41, 5.74) is 0. The Kier molecular flexibility index (Phi) is 5.74. The van der Waals surface area contributed by atoms with E-state index in [2.05, 4.69) is 27.8 Å². The fourth-order valence-electron chi connectivity index (χ4n) is 2.26. The summed E-state index contributed by atoms with van der Waals surface area (Å²) >= 11 is 3.54. The highest BCUT2D eigenvalue weighted by molar-refractivity contribution is 9.09. The molecule has 3 nitrogen and oxygen atoms in total. The van der Waals surface area contributed by atoms with Crippen molar-refractivity contribution in [3.8, 4) is 0 Å². The van der Waals surface area contributed by atoms with Gasteiger partial charge in [0, 0.05) is 24.5 Å². The molecule has 0 aromatic rings. The van der Waals surface area contributed by atoms with Gasteiger partial charge >= 0.3 is 0 Å². The smallest absolute Gasteiger partial charge is 0.153 e. The number of rotatable bonds is 5. The van der Waals surface area contributed by atoms with Crippen molar-refractivity contribution in [2.75, 3.05) is 29.9 Å². The van der Waals surface area contributed by atoms with Crippen LogP contribution in [0.25, 0.3) is 0 Å². The van der Waals surface area contributed by atoms with E-state index in [4.69, 9.17) is 0 Å². The Hall–Kier alpha value is 0.390. The van der Waals surface area contributed by atoms with Crippen LogP contribution in [0.5, 0.6) is 0 Å². The lowest BCUT2D eigenvalue weighted by Gasteiger charge is -2.35. The fraction of sp³-hybridized carbons (Fsp3) is 1.00. The Balaban J connectivity index is 2.49. The Morgan fingerprint density at radius 1 is 1.50 bits per heavy atom. The number of sulfone groups is 1. The van der Waals surface area contributed by atoms with Gasteiger partial charge in [-0.15, -0.1) is 0 Å². The zero-order chi connectivity index (χ0) is 12.2. The van der Waals surface area contributed by atoms with E-state index in [1.165, 1.54) is 12.8 Å². The topological polar surface area (TPSA) is 37.4 Å². The summed E-state index contributed by atoms with van der Waals surface area (Å²) in [7, 11) is -2.77. The second-order valence-corrected chi connectivity index (χ2v) is 7.64. The summed E-state index contributed by atoms with van der Waals surface area (Å²) < 4.78 is 22.9. The Bertz CT molecular complexity index is 305. The summed E-state index contributed by atoms with van der Waals surface area (Å²) in [6.07, 6.45) is 2.40. The van der Waals surface area contributed by atoms with Crippen molar-refractivity contribution in [1.29, 1.82) is 0 Å². The normalized spacial score (nSPS) is 27.8. The van der Waals surface area contributed by atoms with E-state index in [9.17, 15) is 8.42 Å². The molecule has 0 N–H and O–H groups in total. The average Bonchev–Trinajstić information content (AvgIpc) is 2.20. The largest absolute Gasteiger partial charge is 0.298 e. The first-order valence-electron chi connectivity index (χ1n) is 5.99. The fourth-order valence-corrected chi connectivity index (χ4v) is 4.41. The van der Waals surface area contributed by atoms with Gasteiger partial charge in [0.05, 0.1) is 11.5 Å². The molecule has 0 radical (unpaired) electrons. The molecule has 0 aromatic carbocycles. The molecule has 1 aliphatic rings. The Labute approximate surface area is 108 Å². The molecule has 2 unspecified atom stereocenters. The molecule has 1 aliphatic heterocycles. The zero-order valence-electron chi connectivity index (χ0n) is 10.2. The highest BCUT2D eigenvalue weighted by Crippen LogP contribution is 2.17. The van der Waals surface area contributed by atoms with Crippen LogP contribution >= 0.6 is 15.9 Å².